The third-order valence-corrected chi connectivity index (χ3v) is 5.81. The van der Waals surface area contributed by atoms with Gasteiger partial charge in [-0.3, -0.25) is 0 Å². The topological polar surface area (TPSA) is 74.4 Å². The normalized spacial score (nSPS) is 24.0. The van der Waals surface area contributed by atoms with Crippen molar-refractivity contribution in [2.24, 2.45) is 0 Å². The minimum Gasteiger partial charge on any atom is -0.427 e. The molecule has 0 spiro atoms. The van der Waals surface area contributed by atoms with Crippen LogP contribution in [0.2, 0.25) is 0 Å². The van der Waals surface area contributed by atoms with E-state index in [2.05, 4.69) is 27.1 Å². The molecule has 2 N–H and O–H groups in total. The zero-order valence-electron chi connectivity index (χ0n) is 13.3. The highest BCUT2D eigenvalue weighted by Gasteiger charge is 2.32. The van der Waals surface area contributed by atoms with E-state index in [1.807, 2.05) is 6.08 Å². The highest BCUT2D eigenvalue weighted by Crippen LogP contribution is 2.42. The molecule has 4 rings (SSSR count). The molecule has 1 fully saturated rings. The molecule has 1 saturated heterocycles. The number of fused-ring (bicyclic) bond motifs is 1. The summed E-state index contributed by atoms with van der Waals surface area (Å²) in [4.78, 5) is 12.1. The van der Waals surface area contributed by atoms with Crippen LogP contribution in [0.1, 0.15) is 40.6 Å². The first-order valence-electron chi connectivity index (χ1n) is 8.05. The van der Waals surface area contributed by atoms with Crippen LogP contribution in [-0.2, 0) is 6.61 Å². The summed E-state index contributed by atoms with van der Waals surface area (Å²) in [5.41, 5.74) is 0.790. The average Bonchev–Trinajstić information content (AvgIpc) is 3.20. The minimum absolute atomic E-state index is 0.000756. The fraction of sp³-hybridized carbons (Fsp3) is 0.500. The molecule has 2 aliphatic rings. The van der Waals surface area contributed by atoms with Crippen LogP contribution in [-0.4, -0.2) is 40.8 Å². The molecule has 1 unspecified atom stereocenters. The van der Waals surface area contributed by atoms with Gasteiger partial charge >= 0.3 is 0 Å². The third kappa shape index (κ3) is 2.86. The number of thiazole rings is 1. The van der Waals surface area contributed by atoms with Crippen molar-refractivity contribution in [2.45, 2.75) is 31.9 Å². The summed E-state index contributed by atoms with van der Waals surface area (Å²) in [5.74, 6) is 0.779. The second-order valence-electron chi connectivity index (χ2n) is 6.16. The van der Waals surface area contributed by atoms with E-state index < -0.39 is 0 Å². The Morgan fingerprint density at radius 1 is 1.54 bits per heavy atom. The SMILES string of the molecule is C[C@H]1CNCCN1c1nc2c(o1)C(c1ncc(CO)s1)CC(Cl)=C2. The van der Waals surface area contributed by atoms with Gasteiger partial charge in [0, 0.05) is 36.9 Å². The van der Waals surface area contributed by atoms with Gasteiger partial charge in [0.15, 0.2) is 0 Å². The van der Waals surface area contributed by atoms with Gasteiger partial charge in [-0.1, -0.05) is 11.6 Å². The molecule has 0 radical (unpaired) electrons. The largest absolute Gasteiger partial charge is 0.427 e. The van der Waals surface area contributed by atoms with Crippen LogP contribution in [0.25, 0.3) is 6.08 Å². The van der Waals surface area contributed by atoms with Crippen molar-refractivity contribution >= 4 is 35.0 Å². The number of rotatable bonds is 3. The Bertz CT molecular complexity index is 772. The van der Waals surface area contributed by atoms with Crippen molar-refractivity contribution in [3.8, 4) is 0 Å². The van der Waals surface area contributed by atoms with Gasteiger partial charge in [0.2, 0.25) is 0 Å². The van der Waals surface area contributed by atoms with E-state index in [4.69, 9.17) is 16.0 Å². The van der Waals surface area contributed by atoms with Crippen molar-refractivity contribution in [1.82, 2.24) is 15.3 Å². The Hall–Kier alpha value is -1.41. The van der Waals surface area contributed by atoms with Gasteiger partial charge in [-0.15, -0.1) is 11.3 Å². The fourth-order valence-electron chi connectivity index (χ4n) is 3.18. The lowest BCUT2D eigenvalue weighted by Gasteiger charge is -2.32. The number of anilines is 1. The van der Waals surface area contributed by atoms with Crippen LogP contribution in [0, 0.1) is 0 Å². The molecule has 2 aromatic rings. The second-order valence-corrected chi connectivity index (χ2v) is 7.80. The molecule has 2 aromatic heterocycles. The molecule has 128 valence electrons. The van der Waals surface area contributed by atoms with Crippen LogP contribution in [0.4, 0.5) is 6.01 Å². The van der Waals surface area contributed by atoms with E-state index >= 15 is 0 Å². The number of aliphatic hydroxyl groups excluding tert-OH is 1. The summed E-state index contributed by atoms with van der Waals surface area (Å²) >= 11 is 7.83. The van der Waals surface area contributed by atoms with Crippen molar-refractivity contribution in [2.75, 3.05) is 24.5 Å². The Balaban J connectivity index is 1.70. The van der Waals surface area contributed by atoms with Gasteiger partial charge in [0.25, 0.3) is 6.01 Å². The average molecular weight is 367 g/mol. The van der Waals surface area contributed by atoms with Gasteiger partial charge in [0.05, 0.1) is 17.4 Å². The van der Waals surface area contributed by atoms with Crippen molar-refractivity contribution in [1.29, 1.82) is 0 Å². The molecule has 0 aromatic carbocycles. The lowest BCUT2D eigenvalue weighted by atomic mass is 9.96. The summed E-state index contributed by atoms with van der Waals surface area (Å²) in [7, 11) is 0. The van der Waals surface area contributed by atoms with E-state index in [-0.39, 0.29) is 12.5 Å². The predicted octanol–water partition coefficient (Wildman–Crippen LogP) is 2.54. The maximum Gasteiger partial charge on any atom is 0.298 e. The zero-order valence-corrected chi connectivity index (χ0v) is 14.9. The summed E-state index contributed by atoms with van der Waals surface area (Å²) in [6.45, 7) is 4.86. The Labute approximate surface area is 149 Å². The molecule has 8 heteroatoms. The third-order valence-electron chi connectivity index (χ3n) is 4.45. The summed E-state index contributed by atoms with van der Waals surface area (Å²) < 4.78 is 6.16. The molecule has 3 heterocycles. The monoisotopic (exact) mass is 366 g/mol. The first-order chi connectivity index (χ1) is 11.7. The van der Waals surface area contributed by atoms with Crippen molar-refractivity contribution in [3.63, 3.8) is 0 Å². The van der Waals surface area contributed by atoms with E-state index in [1.165, 1.54) is 11.3 Å². The standard InChI is InChI=1S/C16H19ClN4O2S/c1-9-6-18-2-3-21(9)16-20-13-5-10(17)4-12(14(13)23-16)15-19-7-11(8-22)24-15/h5,7,9,12,18,22H,2-4,6,8H2,1H3/t9-,12?/m0/s1. The van der Waals surface area contributed by atoms with Gasteiger partial charge in [-0.05, 0) is 19.4 Å². The Morgan fingerprint density at radius 3 is 3.17 bits per heavy atom. The number of halogens is 1. The number of hydrogen-bond acceptors (Lipinski definition) is 7. The summed E-state index contributed by atoms with van der Waals surface area (Å²) in [5, 5.41) is 14.3. The molecule has 0 amide bonds. The number of hydrogen-bond donors (Lipinski definition) is 2. The first-order valence-corrected chi connectivity index (χ1v) is 9.24. The van der Waals surface area contributed by atoms with Crippen LogP contribution >= 0.6 is 22.9 Å². The first kappa shape index (κ1) is 16.1. The molecule has 1 aliphatic heterocycles. The van der Waals surface area contributed by atoms with Crippen molar-refractivity contribution < 1.29 is 9.52 Å². The van der Waals surface area contributed by atoms with Crippen LogP contribution in [0.3, 0.4) is 0 Å². The highest BCUT2D eigenvalue weighted by atomic mass is 35.5. The molecule has 6 nitrogen and oxygen atoms in total. The highest BCUT2D eigenvalue weighted by molar-refractivity contribution is 7.11. The lowest BCUT2D eigenvalue weighted by molar-refractivity contribution is 0.285. The maximum atomic E-state index is 9.28. The number of piperazine rings is 1. The van der Waals surface area contributed by atoms with E-state index in [0.29, 0.717) is 18.5 Å². The smallest absolute Gasteiger partial charge is 0.298 e. The molecular weight excluding hydrogens is 348 g/mol. The predicted molar refractivity (Wildman–Crippen MR) is 94.5 cm³/mol. The van der Waals surface area contributed by atoms with Crippen molar-refractivity contribution in [3.05, 3.63) is 32.6 Å². The van der Waals surface area contributed by atoms with Gasteiger partial charge < -0.3 is 19.7 Å². The van der Waals surface area contributed by atoms with E-state index in [0.717, 1.165) is 46.0 Å². The zero-order chi connectivity index (χ0) is 16.7. The van der Waals surface area contributed by atoms with Gasteiger partial charge in [-0.25, -0.2) is 4.98 Å². The number of nitrogens with zero attached hydrogens (tertiary/aromatic N) is 3. The number of aliphatic hydroxyl groups is 1. The lowest BCUT2D eigenvalue weighted by Crippen LogP contribution is -2.50. The summed E-state index contributed by atoms with van der Waals surface area (Å²) in [6, 6.07) is 0.984. The molecule has 2 atom stereocenters. The number of nitrogens with one attached hydrogen (secondary N) is 1. The second kappa shape index (κ2) is 6.48. The minimum atomic E-state index is -0.0396. The van der Waals surface area contributed by atoms with Crippen LogP contribution in [0.15, 0.2) is 15.6 Å². The molecule has 0 saturated carbocycles. The van der Waals surface area contributed by atoms with Crippen LogP contribution < -0.4 is 10.2 Å². The molecule has 24 heavy (non-hydrogen) atoms. The fourth-order valence-corrected chi connectivity index (χ4v) is 4.32. The maximum absolute atomic E-state index is 9.28. The number of oxazole rings is 1. The van der Waals surface area contributed by atoms with Gasteiger partial charge in [0.1, 0.15) is 16.5 Å². The van der Waals surface area contributed by atoms with E-state index in [1.54, 1.807) is 6.20 Å². The van der Waals surface area contributed by atoms with Gasteiger partial charge in [-0.2, -0.15) is 4.98 Å². The Morgan fingerprint density at radius 2 is 2.42 bits per heavy atom. The summed E-state index contributed by atoms with van der Waals surface area (Å²) in [6.07, 6.45) is 4.24. The molecule has 1 aliphatic carbocycles. The van der Waals surface area contributed by atoms with E-state index in [9.17, 15) is 5.11 Å². The van der Waals surface area contributed by atoms with Crippen LogP contribution in [0.5, 0.6) is 0 Å². The number of allylic oxidation sites excluding steroid dienone is 1. The number of aromatic nitrogens is 2. The Kier molecular flexibility index (Phi) is 4.34. The molecular formula is C16H19ClN4O2S. The quantitative estimate of drug-likeness (QED) is 0.869. The molecule has 0 bridgehead atoms.